The van der Waals surface area contributed by atoms with Crippen molar-refractivity contribution in [2.75, 3.05) is 0 Å². The number of H-pyrrole nitrogens is 1. The lowest BCUT2D eigenvalue weighted by Gasteiger charge is -2.05. The Bertz CT molecular complexity index is 400. The van der Waals surface area contributed by atoms with Crippen molar-refractivity contribution in [3.63, 3.8) is 0 Å². The average molecular weight is 173 g/mol. The largest absolute Gasteiger partial charge is 0.361 e. The number of hydrogen-bond donors (Lipinski definition) is 1. The maximum absolute atomic E-state index is 3.30. The lowest BCUT2D eigenvalue weighted by Crippen LogP contribution is -1.88. The Morgan fingerprint density at radius 3 is 2.85 bits per heavy atom. The third-order valence-corrected chi connectivity index (χ3v) is 2.76. The fourth-order valence-corrected chi connectivity index (χ4v) is 1.72. The van der Waals surface area contributed by atoms with Gasteiger partial charge in [0.2, 0.25) is 0 Å². The van der Waals surface area contributed by atoms with E-state index < -0.39 is 0 Å². The molecule has 1 nitrogen and oxygen atoms in total. The third kappa shape index (κ3) is 1.35. The highest BCUT2D eigenvalue weighted by Crippen LogP contribution is 2.26. The van der Waals surface area contributed by atoms with Gasteiger partial charge >= 0.3 is 0 Å². The predicted molar refractivity (Wildman–Crippen MR) is 57.0 cm³/mol. The molecule has 0 aliphatic rings. The van der Waals surface area contributed by atoms with Crippen LogP contribution in [-0.4, -0.2) is 4.98 Å². The number of rotatable bonds is 2. The van der Waals surface area contributed by atoms with E-state index in [4.69, 9.17) is 0 Å². The van der Waals surface area contributed by atoms with Crippen molar-refractivity contribution in [1.82, 2.24) is 4.98 Å². The third-order valence-electron chi connectivity index (χ3n) is 2.76. The van der Waals surface area contributed by atoms with E-state index in [0.29, 0.717) is 5.92 Å². The van der Waals surface area contributed by atoms with Crippen molar-refractivity contribution >= 4 is 10.9 Å². The number of para-hydroxylation sites is 1. The summed E-state index contributed by atoms with van der Waals surface area (Å²) in [7, 11) is 0. The fourth-order valence-electron chi connectivity index (χ4n) is 1.72. The van der Waals surface area contributed by atoms with Crippen LogP contribution in [0.4, 0.5) is 0 Å². The Balaban J connectivity index is 2.57. The number of aromatic amines is 1. The molecule has 1 aromatic carbocycles. The predicted octanol–water partition coefficient (Wildman–Crippen LogP) is 3.68. The molecule has 0 amide bonds. The van der Waals surface area contributed by atoms with Gasteiger partial charge in [-0.15, -0.1) is 0 Å². The van der Waals surface area contributed by atoms with Crippen LogP contribution in [0.25, 0.3) is 10.9 Å². The summed E-state index contributed by atoms with van der Waals surface area (Å²) in [4.78, 5) is 3.30. The Kier molecular flexibility index (Phi) is 2.09. The highest BCUT2D eigenvalue weighted by molar-refractivity contribution is 5.83. The molecular formula is C12H15N. The minimum atomic E-state index is 0.649. The van der Waals surface area contributed by atoms with Gasteiger partial charge in [0.05, 0.1) is 0 Å². The second kappa shape index (κ2) is 3.25. The maximum Gasteiger partial charge on any atom is 0.0456 e. The van der Waals surface area contributed by atoms with Gasteiger partial charge < -0.3 is 4.98 Å². The summed E-state index contributed by atoms with van der Waals surface area (Å²) in [5, 5.41) is 1.37. The van der Waals surface area contributed by atoms with Crippen LogP contribution in [0.1, 0.15) is 31.7 Å². The zero-order valence-corrected chi connectivity index (χ0v) is 8.17. The van der Waals surface area contributed by atoms with E-state index in [0.717, 1.165) is 0 Å². The standard InChI is InChI=1S/C12H15N/c1-3-9(2)11-8-13-12-7-5-4-6-10(11)12/h4-9,13H,3H2,1-2H3/t9-/m1/s1. The summed E-state index contributed by atoms with van der Waals surface area (Å²) >= 11 is 0. The molecule has 0 unspecified atom stereocenters. The minimum absolute atomic E-state index is 0.649. The first kappa shape index (κ1) is 8.36. The molecule has 2 aromatic rings. The van der Waals surface area contributed by atoms with Crippen molar-refractivity contribution in [3.05, 3.63) is 36.0 Å². The second-order valence-electron chi connectivity index (χ2n) is 3.60. The van der Waals surface area contributed by atoms with Gasteiger partial charge in [0.25, 0.3) is 0 Å². The highest BCUT2D eigenvalue weighted by Gasteiger charge is 2.07. The number of fused-ring (bicyclic) bond motifs is 1. The van der Waals surface area contributed by atoms with Crippen LogP contribution in [0.15, 0.2) is 30.5 Å². The molecule has 2 rings (SSSR count). The molecule has 0 aliphatic carbocycles. The summed E-state index contributed by atoms with van der Waals surface area (Å²) in [6.45, 7) is 4.50. The SMILES string of the molecule is CC[C@@H](C)c1c[nH]c2ccccc12. The van der Waals surface area contributed by atoms with Crippen LogP contribution in [0.5, 0.6) is 0 Å². The van der Waals surface area contributed by atoms with E-state index in [-0.39, 0.29) is 0 Å². The molecule has 1 heterocycles. The van der Waals surface area contributed by atoms with Gasteiger partial charge in [-0.2, -0.15) is 0 Å². The normalized spacial score (nSPS) is 13.4. The molecule has 0 bridgehead atoms. The summed E-state index contributed by atoms with van der Waals surface area (Å²) in [5.74, 6) is 0.649. The lowest BCUT2D eigenvalue weighted by molar-refractivity contribution is 0.739. The molecule has 1 heteroatoms. The van der Waals surface area contributed by atoms with Crippen LogP contribution in [-0.2, 0) is 0 Å². The maximum atomic E-state index is 3.30. The molecule has 0 saturated carbocycles. The van der Waals surface area contributed by atoms with Crippen LogP contribution in [0.3, 0.4) is 0 Å². The van der Waals surface area contributed by atoms with E-state index in [1.165, 1.54) is 22.9 Å². The fraction of sp³-hybridized carbons (Fsp3) is 0.333. The summed E-state index contributed by atoms with van der Waals surface area (Å²) in [5.41, 5.74) is 2.69. The molecule has 0 spiro atoms. The average Bonchev–Trinajstić information content (AvgIpc) is 2.60. The van der Waals surface area contributed by atoms with E-state index in [1.54, 1.807) is 0 Å². The smallest absolute Gasteiger partial charge is 0.0456 e. The van der Waals surface area contributed by atoms with Gasteiger partial charge in [0.1, 0.15) is 0 Å². The van der Waals surface area contributed by atoms with Crippen LogP contribution >= 0.6 is 0 Å². The monoisotopic (exact) mass is 173 g/mol. The molecule has 0 saturated heterocycles. The molecule has 1 N–H and O–H groups in total. The van der Waals surface area contributed by atoms with Crippen molar-refractivity contribution in [2.24, 2.45) is 0 Å². The molecule has 0 radical (unpaired) electrons. The molecule has 1 aromatic heterocycles. The first-order valence-electron chi connectivity index (χ1n) is 4.89. The molecular weight excluding hydrogens is 158 g/mol. The zero-order valence-electron chi connectivity index (χ0n) is 8.17. The van der Waals surface area contributed by atoms with Crippen molar-refractivity contribution < 1.29 is 0 Å². The Morgan fingerprint density at radius 1 is 1.31 bits per heavy atom. The lowest BCUT2D eigenvalue weighted by atomic mass is 9.98. The summed E-state index contributed by atoms with van der Waals surface area (Å²) in [6.07, 6.45) is 3.33. The quantitative estimate of drug-likeness (QED) is 0.713. The molecule has 1 atom stereocenters. The number of aromatic nitrogens is 1. The summed E-state index contributed by atoms with van der Waals surface area (Å²) in [6, 6.07) is 8.48. The van der Waals surface area contributed by atoms with Gasteiger partial charge in [-0.3, -0.25) is 0 Å². The Labute approximate surface area is 78.8 Å². The summed E-state index contributed by atoms with van der Waals surface area (Å²) < 4.78 is 0. The van der Waals surface area contributed by atoms with E-state index in [1.807, 2.05) is 0 Å². The van der Waals surface area contributed by atoms with Crippen molar-refractivity contribution in [2.45, 2.75) is 26.2 Å². The van der Waals surface area contributed by atoms with Gasteiger partial charge in [0, 0.05) is 17.1 Å². The number of nitrogens with one attached hydrogen (secondary N) is 1. The zero-order chi connectivity index (χ0) is 9.26. The second-order valence-corrected chi connectivity index (χ2v) is 3.60. The number of benzene rings is 1. The van der Waals surface area contributed by atoms with Crippen LogP contribution < -0.4 is 0 Å². The van der Waals surface area contributed by atoms with Gasteiger partial charge in [0.15, 0.2) is 0 Å². The topological polar surface area (TPSA) is 15.8 Å². The van der Waals surface area contributed by atoms with Gasteiger partial charge in [-0.25, -0.2) is 0 Å². The molecule has 0 aliphatic heterocycles. The highest BCUT2D eigenvalue weighted by atomic mass is 14.7. The first-order valence-corrected chi connectivity index (χ1v) is 4.89. The number of hydrogen-bond acceptors (Lipinski definition) is 0. The van der Waals surface area contributed by atoms with Gasteiger partial charge in [-0.1, -0.05) is 32.0 Å². The van der Waals surface area contributed by atoms with Crippen LogP contribution in [0.2, 0.25) is 0 Å². The van der Waals surface area contributed by atoms with Gasteiger partial charge in [-0.05, 0) is 24.0 Å². The Hall–Kier alpha value is -1.24. The van der Waals surface area contributed by atoms with E-state index in [9.17, 15) is 0 Å². The molecule has 0 fully saturated rings. The minimum Gasteiger partial charge on any atom is -0.361 e. The first-order chi connectivity index (χ1) is 6.33. The molecule has 13 heavy (non-hydrogen) atoms. The van der Waals surface area contributed by atoms with Crippen molar-refractivity contribution in [3.8, 4) is 0 Å². The van der Waals surface area contributed by atoms with Crippen molar-refractivity contribution in [1.29, 1.82) is 0 Å². The molecule has 68 valence electrons. The Morgan fingerprint density at radius 2 is 2.08 bits per heavy atom. The van der Waals surface area contributed by atoms with Crippen LogP contribution in [0, 0.1) is 0 Å². The van der Waals surface area contributed by atoms with E-state index >= 15 is 0 Å². The van der Waals surface area contributed by atoms with E-state index in [2.05, 4.69) is 49.3 Å².